The van der Waals surface area contributed by atoms with E-state index in [2.05, 4.69) is 6.07 Å². The Labute approximate surface area is 195 Å². The molecule has 33 heavy (non-hydrogen) atoms. The zero-order valence-electron chi connectivity index (χ0n) is 17.4. The van der Waals surface area contributed by atoms with Crippen molar-refractivity contribution in [2.45, 2.75) is 37.1 Å². The van der Waals surface area contributed by atoms with E-state index in [1.165, 1.54) is 12.1 Å². The van der Waals surface area contributed by atoms with Gasteiger partial charge in [0.2, 0.25) is 17.1 Å². The van der Waals surface area contributed by atoms with Crippen LogP contribution in [0, 0.1) is 62.0 Å². The highest BCUT2D eigenvalue weighted by atomic mass is 35.5. The fourth-order valence-electron chi connectivity index (χ4n) is 5.84. The van der Waals surface area contributed by atoms with Gasteiger partial charge in [0, 0.05) is 6.42 Å². The third kappa shape index (κ3) is 2.63. The summed E-state index contributed by atoms with van der Waals surface area (Å²) in [5.41, 5.74) is -2.72. The summed E-state index contributed by atoms with van der Waals surface area (Å²) >= 11 is 5.83. The van der Waals surface area contributed by atoms with Crippen molar-refractivity contribution >= 4 is 17.5 Å². The molecule has 164 valence electrons. The number of hydrogen-bond donors (Lipinski definition) is 1. The van der Waals surface area contributed by atoms with Gasteiger partial charge in [0.15, 0.2) is 5.41 Å². The van der Waals surface area contributed by atoms with Crippen molar-refractivity contribution in [1.82, 2.24) is 0 Å². The summed E-state index contributed by atoms with van der Waals surface area (Å²) in [6.07, 6.45) is 0.143. The van der Waals surface area contributed by atoms with Gasteiger partial charge in [-0.1, -0.05) is 48.0 Å². The van der Waals surface area contributed by atoms with Crippen molar-refractivity contribution in [2.75, 3.05) is 0 Å². The Hall–Kier alpha value is -3.44. The minimum absolute atomic E-state index is 0.0507. The lowest BCUT2D eigenvalue weighted by Gasteiger charge is -2.52. The molecule has 0 aromatic heterocycles. The highest BCUT2D eigenvalue weighted by Gasteiger charge is 2.81. The van der Waals surface area contributed by atoms with Crippen LogP contribution in [-0.4, -0.2) is 11.7 Å². The zero-order valence-corrected chi connectivity index (χ0v) is 18.1. The van der Waals surface area contributed by atoms with E-state index >= 15 is 0 Å². The number of rotatable bonds is 2. The molecule has 2 bridgehead atoms. The molecule has 2 saturated heterocycles. The topological polar surface area (TPSA) is 114 Å². The van der Waals surface area contributed by atoms with Gasteiger partial charge in [-0.25, -0.2) is 4.39 Å². The number of nitrogens with one attached hydrogen (secondary N) is 1. The molecule has 5 unspecified atom stereocenters. The Balaban J connectivity index is 1.69. The van der Waals surface area contributed by atoms with Crippen molar-refractivity contribution in [3.05, 3.63) is 70.5 Å². The maximum absolute atomic E-state index is 14.3. The van der Waals surface area contributed by atoms with Crippen LogP contribution in [0.1, 0.15) is 42.4 Å². The molecule has 0 radical (unpaired) electrons. The van der Waals surface area contributed by atoms with Crippen molar-refractivity contribution in [3.63, 3.8) is 0 Å². The Morgan fingerprint density at radius 3 is 2.39 bits per heavy atom. The Morgan fingerprint density at radius 2 is 1.76 bits per heavy atom. The summed E-state index contributed by atoms with van der Waals surface area (Å²) in [6.45, 7) is 0. The van der Waals surface area contributed by atoms with Crippen LogP contribution in [0.15, 0.2) is 48.5 Å². The minimum Gasteiger partial charge on any atom is -0.447 e. The molecule has 5 atom stereocenters. The molecule has 2 aromatic carbocycles. The van der Waals surface area contributed by atoms with Crippen molar-refractivity contribution in [1.29, 1.82) is 21.2 Å². The lowest BCUT2D eigenvalue weighted by atomic mass is 9.50. The predicted molar refractivity (Wildman–Crippen MR) is 115 cm³/mol. The number of nitriles is 3. The van der Waals surface area contributed by atoms with Crippen molar-refractivity contribution in [3.8, 4) is 18.2 Å². The summed E-state index contributed by atoms with van der Waals surface area (Å²) in [5, 5.41) is 39.7. The van der Waals surface area contributed by atoms with E-state index in [9.17, 15) is 20.2 Å². The van der Waals surface area contributed by atoms with Crippen LogP contribution in [-0.2, 0) is 9.47 Å². The van der Waals surface area contributed by atoms with Gasteiger partial charge in [0.25, 0.3) is 0 Å². The zero-order chi connectivity index (χ0) is 23.4. The number of hydrogen-bond acceptors (Lipinski definition) is 6. The maximum atomic E-state index is 14.3. The summed E-state index contributed by atoms with van der Waals surface area (Å²) in [6, 6.07) is 19.8. The largest absolute Gasteiger partial charge is 0.447 e. The normalized spacial score (nSPS) is 33.7. The Morgan fingerprint density at radius 1 is 1.03 bits per heavy atom. The average Bonchev–Trinajstić information content (AvgIpc) is 3.04. The summed E-state index contributed by atoms with van der Waals surface area (Å²) in [4.78, 5) is 0. The predicted octanol–water partition coefficient (Wildman–Crippen LogP) is 5.38. The first-order valence-corrected chi connectivity index (χ1v) is 10.9. The van der Waals surface area contributed by atoms with Crippen LogP contribution in [0.25, 0.3) is 0 Å². The van der Waals surface area contributed by atoms with Crippen LogP contribution < -0.4 is 0 Å². The van der Waals surface area contributed by atoms with E-state index in [1.807, 2.05) is 42.5 Å². The minimum atomic E-state index is -2.12. The van der Waals surface area contributed by atoms with Gasteiger partial charge in [0.05, 0.1) is 29.1 Å². The van der Waals surface area contributed by atoms with Gasteiger partial charge in [-0.05, 0) is 42.0 Å². The van der Waals surface area contributed by atoms with Gasteiger partial charge < -0.3 is 9.47 Å². The monoisotopic (exact) mass is 460 g/mol. The molecule has 3 fully saturated rings. The smallest absolute Gasteiger partial charge is 0.217 e. The number of ether oxygens (including phenoxy) is 2. The highest BCUT2D eigenvalue weighted by Crippen LogP contribution is 2.70. The van der Waals surface area contributed by atoms with E-state index in [4.69, 9.17) is 26.5 Å². The van der Waals surface area contributed by atoms with E-state index in [1.54, 1.807) is 0 Å². The second-order valence-electron chi connectivity index (χ2n) is 8.80. The van der Waals surface area contributed by atoms with Crippen LogP contribution in [0.5, 0.6) is 0 Å². The third-order valence-corrected chi connectivity index (χ3v) is 7.73. The molecule has 3 aliphatic rings. The number of nitrogens with zero attached hydrogens (tertiary/aromatic N) is 3. The molecule has 5 rings (SSSR count). The fraction of sp³-hybridized carbons (Fsp3) is 0.360. The molecule has 1 N–H and O–H groups in total. The van der Waals surface area contributed by atoms with Crippen molar-refractivity contribution in [2.24, 2.45) is 16.7 Å². The summed E-state index contributed by atoms with van der Waals surface area (Å²) in [5.74, 6) is -3.19. The average molecular weight is 461 g/mol. The number of benzene rings is 2. The molecule has 0 spiro atoms. The fourth-order valence-corrected chi connectivity index (χ4v) is 5.96. The quantitative estimate of drug-likeness (QED) is 0.646. The standard InChI is InChI=1S/C25H18ClFN4O2/c26-18-7-6-17(10-19(18)27)21-23(12-28,13-29)24(14-30)20-11-16(15-4-2-1-3-5-15)8-9-25(20,32-21)33-22(24)31/h1-7,10,16,20-21,31H,8-9,11H2. The van der Waals surface area contributed by atoms with Crippen LogP contribution in [0.4, 0.5) is 4.39 Å². The molecular weight excluding hydrogens is 443 g/mol. The van der Waals surface area contributed by atoms with Crippen molar-refractivity contribution < 1.29 is 13.9 Å². The Kier molecular flexibility index (Phi) is 4.73. The lowest BCUT2D eigenvalue weighted by Crippen LogP contribution is -2.60. The molecular formula is C25H18ClFN4O2. The summed E-state index contributed by atoms with van der Waals surface area (Å²) < 4.78 is 26.6. The highest BCUT2D eigenvalue weighted by molar-refractivity contribution is 6.30. The molecule has 0 amide bonds. The lowest BCUT2D eigenvalue weighted by molar-refractivity contribution is -0.296. The van der Waals surface area contributed by atoms with Gasteiger partial charge >= 0.3 is 0 Å². The van der Waals surface area contributed by atoms with E-state index in [0.29, 0.717) is 19.3 Å². The molecule has 2 aliphatic heterocycles. The Bertz CT molecular complexity index is 1270. The van der Waals surface area contributed by atoms with Gasteiger partial charge in [0.1, 0.15) is 11.9 Å². The van der Waals surface area contributed by atoms with Gasteiger partial charge in [-0.2, -0.15) is 15.8 Å². The third-order valence-electron chi connectivity index (χ3n) is 7.43. The van der Waals surface area contributed by atoms with Crippen LogP contribution >= 0.6 is 11.6 Å². The molecule has 2 heterocycles. The molecule has 1 saturated carbocycles. The number of halogens is 2. The van der Waals surface area contributed by atoms with Crippen LogP contribution in [0.2, 0.25) is 5.02 Å². The summed E-state index contributed by atoms with van der Waals surface area (Å²) in [7, 11) is 0. The molecule has 2 aromatic rings. The SMILES string of the molecule is N#CC1(C#N)C(c2ccc(Cl)c(F)c2)OC23CCC(c4ccccc4)CC2C1(C#N)C(=N)O3. The van der Waals surface area contributed by atoms with Gasteiger partial charge in [-0.3, -0.25) is 5.41 Å². The maximum Gasteiger partial charge on any atom is 0.217 e. The van der Waals surface area contributed by atoms with E-state index < -0.39 is 40.4 Å². The molecule has 6 nitrogen and oxygen atoms in total. The van der Waals surface area contributed by atoms with E-state index in [0.717, 1.165) is 11.6 Å². The first-order chi connectivity index (χ1) is 15.9. The van der Waals surface area contributed by atoms with Gasteiger partial charge in [-0.15, -0.1) is 0 Å². The first kappa shape index (κ1) is 21.4. The van der Waals surface area contributed by atoms with E-state index in [-0.39, 0.29) is 16.5 Å². The second kappa shape index (κ2) is 7.29. The first-order valence-electron chi connectivity index (χ1n) is 10.6. The molecule has 8 heteroatoms. The molecule has 1 aliphatic carbocycles. The second-order valence-corrected chi connectivity index (χ2v) is 9.21. The van der Waals surface area contributed by atoms with Crippen LogP contribution in [0.3, 0.4) is 0 Å².